The van der Waals surface area contributed by atoms with Gasteiger partial charge in [0.15, 0.2) is 0 Å². The zero-order valence-corrected chi connectivity index (χ0v) is 10.8. The van der Waals surface area contributed by atoms with Crippen LogP contribution in [0.3, 0.4) is 0 Å². The summed E-state index contributed by atoms with van der Waals surface area (Å²) < 4.78 is 5.73. The SMILES string of the molecule is CNC(C)c1cnc(CC2CCCCO2)s1. The number of aromatic nitrogens is 1. The van der Waals surface area contributed by atoms with E-state index in [2.05, 4.69) is 17.2 Å². The lowest BCUT2D eigenvalue weighted by molar-refractivity contribution is 0.0168. The Hall–Kier alpha value is -0.450. The van der Waals surface area contributed by atoms with Gasteiger partial charge in [-0.3, -0.25) is 0 Å². The lowest BCUT2D eigenvalue weighted by atomic mass is 10.1. The molecule has 2 atom stereocenters. The highest BCUT2D eigenvalue weighted by molar-refractivity contribution is 7.11. The summed E-state index contributed by atoms with van der Waals surface area (Å²) >= 11 is 1.81. The minimum absolute atomic E-state index is 0.401. The van der Waals surface area contributed by atoms with Gasteiger partial charge in [-0.25, -0.2) is 4.98 Å². The Kier molecular flexibility index (Phi) is 4.32. The molecule has 1 aromatic rings. The Balaban J connectivity index is 1.91. The predicted molar refractivity (Wildman–Crippen MR) is 66.9 cm³/mol. The van der Waals surface area contributed by atoms with E-state index < -0.39 is 0 Å². The van der Waals surface area contributed by atoms with Crippen LogP contribution in [0.4, 0.5) is 0 Å². The van der Waals surface area contributed by atoms with Gasteiger partial charge in [0, 0.05) is 30.1 Å². The molecule has 0 radical (unpaired) electrons. The molecule has 0 aromatic carbocycles. The van der Waals surface area contributed by atoms with Crippen LogP contribution in [0, 0.1) is 0 Å². The number of hydrogen-bond donors (Lipinski definition) is 1. The van der Waals surface area contributed by atoms with Crippen LogP contribution in [0.2, 0.25) is 0 Å². The van der Waals surface area contributed by atoms with Crippen LogP contribution < -0.4 is 5.32 Å². The molecule has 1 fully saturated rings. The Morgan fingerprint density at radius 1 is 1.62 bits per heavy atom. The van der Waals surface area contributed by atoms with Crippen molar-refractivity contribution in [1.29, 1.82) is 0 Å². The van der Waals surface area contributed by atoms with Gasteiger partial charge in [-0.15, -0.1) is 11.3 Å². The van der Waals surface area contributed by atoms with Gasteiger partial charge in [0.25, 0.3) is 0 Å². The zero-order chi connectivity index (χ0) is 11.4. The first-order valence-electron chi connectivity index (χ1n) is 6.03. The Morgan fingerprint density at radius 3 is 3.19 bits per heavy atom. The van der Waals surface area contributed by atoms with Crippen LogP contribution in [0.1, 0.15) is 42.1 Å². The van der Waals surface area contributed by atoms with Crippen LogP contribution in [-0.4, -0.2) is 24.7 Å². The molecule has 1 aliphatic rings. The van der Waals surface area contributed by atoms with E-state index in [1.807, 2.05) is 13.2 Å². The van der Waals surface area contributed by atoms with Crippen molar-refractivity contribution in [3.63, 3.8) is 0 Å². The molecule has 4 heteroatoms. The van der Waals surface area contributed by atoms with E-state index in [0.717, 1.165) is 13.0 Å². The first kappa shape index (κ1) is 12.0. The summed E-state index contributed by atoms with van der Waals surface area (Å²) in [5, 5.41) is 4.45. The topological polar surface area (TPSA) is 34.2 Å². The van der Waals surface area contributed by atoms with Crippen molar-refractivity contribution in [2.24, 2.45) is 0 Å². The summed E-state index contributed by atoms with van der Waals surface area (Å²) in [5.41, 5.74) is 0. The smallest absolute Gasteiger partial charge is 0.0954 e. The first-order chi connectivity index (χ1) is 7.79. The standard InChI is InChI=1S/C12H20N2OS/c1-9(13-2)11-8-14-12(16-11)7-10-5-3-4-6-15-10/h8-10,13H,3-7H2,1-2H3. The van der Waals surface area contributed by atoms with E-state index in [4.69, 9.17) is 4.74 Å². The summed E-state index contributed by atoms with van der Waals surface area (Å²) in [4.78, 5) is 5.79. The van der Waals surface area contributed by atoms with Crippen molar-refractivity contribution in [1.82, 2.24) is 10.3 Å². The van der Waals surface area contributed by atoms with E-state index in [1.54, 1.807) is 11.3 Å². The van der Waals surface area contributed by atoms with Crippen LogP contribution in [0.15, 0.2) is 6.20 Å². The predicted octanol–water partition coefficient (Wildman–Crippen LogP) is 2.54. The van der Waals surface area contributed by atoms with E-state index in [1.165, 1.54) is 29.1 Å². The summed E-state index contributed by atoms with van der Waals surface area (Å²) in [6.07, 6.45) is 7.09. The van der Waals surface area contributed by atoms with Gasteiger partial charge in [-0.1, -0.05) is 0 Å². The molecule has 0 saturated carbocycles. The van der Waals surface area contributed by atoms with Crippen LogP contribution in [-0.2, 0) is 11.2 Å². The minimum Gasteiger partial charge on any atom is -0.378 e. The molecule has 2 heterocycles. The van der Waals surface area contributed by atoms with E-state index in [9.17, 15) is 0 Å². The molecule has 0 aliphatic carbocycles. The number of nitrogens with one attached hydrogen (secondary N) is 1. The quantitative estimate of drug-likeness (QED) is 0.878. The van der Waals surface area contributed by atoms with Crippen LogP contribution in [0.25, 0.3) is 0 Å². The van der Waals surface area contributed by atoms with E-state index >= 15 is 0 Å². The number of thiazole rings is 1. The highest BCUT2D eigenvalue weighted by Crippen LogP contribution is 2.24. The number of ether oxygens (including phenoxy) is 1. The second-order valence-corrected chi connectivity index (χ2v) is 5.51. The molecule has 3 nitrogen and oxygen atoms in total. The molecular formula is C12H20N2OS. The highest BCUT2D eigenvalue weighted by atomic mass is 32.1. The maximum atomic E-state index is 5.73. The monoisotopic (exact) mass is 240 g/mol. The van der Waals surface area contributed by atoms with Gasteiger partial charge in [-0.05, 0) is 33.2 Å². The Labute approximate surface area is 101 Å². The first-order valence-corrected chi connectivity index (χ1v) is 6.84. The van der Waals surface area contributed by atoms with Gasteiger partial charge in [0.2, 0.25) is 0 Å². The molecule has 90 valence electrons. The van der Waals surface area contributed by atoms with Crippen LogP contribution in [0.5, 0.6) is 0 Å². The molecule has 16 heavy (non-hydrogen) atoms. The fourth-order valence-corrected chi connectivity index (χ4v) is 2.97. The second kappa shape index (κ2) is 5.75. The molecule has 2 rings (SSSR count). The largest absolute Gasteiger partial charge is 0.378 e. The average molecular weight is 240 g/mol. The zero-order valence-electron chi connectivity index (χ0n) is 10.0. The summed E-state index contributed by atoms with van der Waals surface area (Å²) in [6, 6.07) is 0.401. The van der Waals surface area contributed by atoms with Gasteiger partial charge in [-0.2, -0.15) is 0 Å². The van der Waals surface area contributed by atoms with E-state index in [-0.39, 0.29) is 0 Å². The van der Waals surface area contributed by atoms with Crippen molar-refractivity contribution in [2.75, 3.05) is 13.7 Å². The molecule has 1 aliphatic heterocycles. The van der Waals surface area contributed by atoms with Crippen molar-refractivity contribution >= 4 is 11.3 Å². The Morgan fingerprint density at radius 2 is 2.50 bits per heavy atom. The third-order valence-corrected chi connectivity index (χ3v) is 4.31. The normalized spacial score (nSPS) is 23.2. The van der Waals surface area contributed by atoms with Crippen molar-refractivity contribution < 1.29 is 4.74 Å². The summed E-state index contributed by atoms with van der Waals surface area (Å²) in [5.74, 6) is 0. The molecule has 0 spiro atoms. The van der Waals surface area contributed by atoms with Gasteiger partial charge >= 0.3 is 0 Å². The maximum Gasteiger partial charge on any atom is 0.0954 e. The minimum atomic E-state index is 0.401. The number of hydrogen-bond acceptors (Lipinski definition) is 4. The van der Waals surface area contributed by atoms with Gasteiger partial charge < -0.3 is 10.1 Å². The number of rotatable bonds is 4. The van der Waals surface area contributed by atoms with E-state index in [0.29, 0.717) is 12.1 Å². The van der Waals surface area contributed by atoms with Gasteiger partial charge in [0.1, 0.15) is 0 Å². The molecule has 0 bridgehead atoms. The fourth-order valence-electron chi connectivity index (χ4n) is 1.92. The lowest BCUT2D eigenvalue weighted by Gasteiger charge is -2.21. The van der Waals surface area contributed by atoms with Crippen molar-refractivity contribution in [3.05, 3.63) is 16.1 Å². The molecule has 0 amide bonds. The fraction of sp³-hybridized carbons (Fsp3) is 0.750. The number of nitrogens with zero attached hydrogens (tertiary/aromatic N) is 1. The van der Waals surface area contributed by atoms with Crippen LogP contribution >= 0.6 is 11.3 Å². The Bertz CT molecular complexity index is 321. The molecule has 1 saturated heterocycles. The average Bonchev–Trinajstić information content (AvgIpc) is 2.78. The molecule has 1 N–H and O–H groups in total. The van der Waals surface area contributed by atoms with Crippen molar-refractivity contribution in [2.45, 2.75) is 44.8 Å². The van der Waals surface area contributed by atoms with Gasteiger partial charge in [0.05, 0.1) is 11.1 Å². The highest BCUT2D eigenvalue weighted by Gasteiger charge is 2.16. The molecule has 2 unspecified atom stereocenters. The third kappa shape index (κ3) is 3.03. The maximum absolute atomic E-state index is 5.73. The third-order valence-electron chi connectivity index (χ3n) is 3.11. The molecular weight excluding hydrogens is 220 g/mol. The molecule has 1 aromatic heterocycles. The second-order valence-electron chi connectivity index (χ2n) is 4.36. The summed E-state index contributed by atoms with van der Waals surface area (Å²) in [6.45, 7) is 3.09. The summed E-state index contributed by atoms with van der Waals surface area (Å²) in [7, 11) is 1.98. The lowest BCUT2D eigenvalue weighted by Crippen LogP contribution is -2.21. The van der Waals surface area contributed by atoms with Crippen molar-refractivity contribution in [3.8, 4) is 0 Å².